The van der Waals surface area contributed by atoms with Gasteiger partial charge in [0, 0.05) is 12.5 Å². The molecule has 2 fully saturated rings. The van der Waals surface area contributed by atoms with Gasteiger partial charge < -0.3 is 4.74 Å². The number of halogens is 3. The van der Waals surface area contributed by atoms with Crippen LogP contribution >= 0.6 is 0 Å². The van der Waals surface area contributed by atoms with Gasteiger partial charge in [0.25, 0.3) is 0 Å². The van der Waals surface area contributed by atoms with Crippen LogP contribution in [0.4, 0.5) is 13.2 Å². The van der Waals surface area contributed by atoms with E-state index in [-0.39, 0.29) is 0 Å². The van der Waals surface area contributed by atoms with Crippen molar-refractivity contribution in [3.63, 3.8) is 0 Å². The molecule has 18 heavy (non-hydrogen) atoms. The zero-order valence-electron chi connectivity index (χ0n) is 10.3. The zero-order chi connectivity index (χ0) is 13.4. The molecule has 2 aliphatic carbocycles. The molecule has 0 spiro atoms. The summed E-state index contributed by atoms with van der Waals surface area (Å²) in [5, 5.41) is 12.5. The molecule has 6 heteroatoms. The number of nitrogens with one attached hydrogen (secondary N) is 1. The molecule has 0 heterocycles. The Balaban J connectivity index is 1.88. The van der Waals surface area contributed by atoms with Crippen LogP contribution in [0.5, 0.6) is 0 Å². The number of hydrogen-bond acceptors (Lipinski definition) is 3. The SMILES string of the molecule is CC(OC1CCC(C#N)(NC2CC2)C1)C(F)(F)F. The number of ether oxygens (including phenoxy) is 1. The Morgan fingerprint density at radius 1 is 1.39 bits per heavy atom. The molecule has 0 bridgehead atoms. The third kappa shape index (κ3) is 3.15. The highest BCUT2D eigenvalue weighted by Gasteiger charge is 2.46. The van der Waals surface area contributed by atoms with Crippen molar-refractivity contribution in [2.24, 2.45) is 0 Å². The van der Waals surface area contributed by atoms with Crippen LogP contribution in [0.3, 0.4) is 0 Å². The second-order valence-corrected chi connectivity index (χ2v) is 5.30. The first-order valence-corrected chi connectivity index (χ1v) is 6.26. The largest absolute Gasteiger partial charge is 0.414 e. The maximum absolute atomic E-state index is 12.4. The molecule has 0 aromatic rings. The maximum Gasteiger partial charge on any atom is 0.414 e. The predicted molar refractivity (Wildman–Crippen MR) is 58.7 cm³/mol. The van der Waals surface area contributed by atoms with Crippen molar-refractivity contribution in [3.05, 3.63) is 0 Å². The molecule has 1 N–H and O–H groups in total. The number of hydrogen-bond donors (Lipinski definition) is 1. The Labute approximate surface area is 104 Å². The first-order valence-electron chi connectivity index (χ1n) is 6.26. The lowest BCUT2D eigenvalue weighted by Gasteiger charge is -2.24. The summed E-state index contributed by atoms with van der Waals surface area (Å²) in [4.78, 5) is 0. The minimum atomic E-state index is -4.33. The Bertz CT molecular complexity index is 348. The number of alkyl halides is 3. The van der Waals surface area contributed by atoms with E-state index in [1.54, 1.807) is 0 Å². The van der Waals surface area contributed by atoms with Gasteiger partial charge in [0.2, 0.25) is 0 Å². The molecule has 3 nitrogen and oxygen atoms in total. The first-order chi connectivity index (χ1) is 8.35. The molecular formula is C12H17F3N2O. The molecule has 0 aromatic heterocycles. The van der Waals surface area contributed by atoms with Crippen molar-refractivity contribution in [2.45, 2.75) is 69.0 Å². The van der Waals surface area contributed by atoms with Crippen LogP contribution in [0.2, 0.25) is 0 Å². The monoisotopic (exact) mass is 262 g/mol. The van der Waals surface area contributed by atoms with Crippen molar-refractivity contribution in [1.82, 2.24) is 5.32 Å². The van der Waals surface area contributed by atoms with Gasteiger partial charge in [-0.2, -0.15) is 18.4 Å². The molecule has 2 saturated carbocycles. The molecule has 2 rings (SSSR count). The highest BCUT2D eigenvalue weighted by molar-refractivity contribution is 5.14. The topological polar surface area (TPSA) is 45.0 Å². The lowest BCUT2D eigenvalue weighted by atomic mass is 9.99. The molecule has 0 aromatic carbocycles. The first kappa shape index (κ1) is 13.6. The van der Waals surface area contributed by atoms with Crippen LogP contribution in [0, 0.1) is 11.3 Å². The van der Waals surface area contributed by atoms with Crippen LogP contribution in [0.15, 0.2) is 0 Å². The van der Waals surface area contributed by atoms with Gasteiger partial charge in [-0.1, -0.05) is 0 Å². The smallest absolute Gasteiger partial charge is 0.366 e. The van der Waals surface area contributed by atoms with Gasteiger partial charge in [0.1, 0.15) is 5.54 Å². The van der Waals surface area contributed by atoms with Crippen molar-refractivity contribution in [1.29, 1.82) is 5.26 Å². The summed E-state index contributed by atoms with van der Waals surface area (Å²) in [6.45, 7) is 1.01. The molecule has 0 radical (unpaired) electrons. The summed E-state index contributed by atoms with van der Waals surface area (Å²) in [7, 11) is 0. The highest BCUT2D eigenvalue weighted by atomic mass is 19.4. The van der Waals surface area contributed by atoms with Gasteiger partial charge >= 0.3 is 6.18 Å². The molecule has 3 atom stereocenters. The van der Waals surface area contributed by atoms with E-state index in [9.17, 15) is 18.4 Å². The Morgan fingerprint density at radius 3 is 2.56 bits per heavy atom. The van der Waals surface area contributed by atoms with E-state index < -0.39 is 23.9 Å². The Hall–Kier alpha value is -0.800. The Morgan fingerprint density at radius 2 is 2.06 bits per heavy atom. The van der Waals surface area contributed by atoms with Gasteiger partial charge in [-0.05, 0) is 32.6 Å². The van der Waals surface area contributed by atoms with E-state index in [0.717, 1.165) is 19.8 Å². The summed E-state index contributed by atoms with van der Waals surface area (Å²) in [5.74, 6) is 0. The van der Waals surface area contributed by atoms with E-state index in [2.05, 4.69) is 11.4 Å². The lowest BCUT2D eigenvalue weighted by molar-refractivity contribution is -0.226. The van der Waals surface area contributed by atoms with Crippen LogP contribution in [0.1, 0.15) is 39.0 Å². The van der Waals surface area contributed by atoms with Crippen LogP contribution < -0.4 is 5.32 Å². The molecular weight excluding hydrogens is 245 g/mol. The summed E-state index contributed by atoms with van der Waals surface area (Å²) in [5.41, 5.74) is -0.683. The van der Waals surface area contributed by atoms with E-state index in [4.69, 9.17) is 4.74 Å². The zero-order valence-corrected chi connectivity index (χ0v) is 10.3. The average Bonchev–Trinajstić information content (AvgIpc) is 2.99. The molecule has 0 amide bonds. The van der Waals surface area contributed by atoms with Gasteiger partial charge in [-0.25, -0.2) is 0 Å². The molecule has 102 valence electrons. The number of nitrogens with zero attached hydrogens (tertiary/aromatic N) is 1. The fourth-order valence-corrected chi connectivity index (χ4v) is 2.37. The summed E-state index contributed by atoms with van der Waals surface area (Å²) in [6.07, 6.45) is -3.06. The fraction of sp³-hybridized carbons (Fsp3) is 0.917. The van der Waals surface area contributed by atoms with Crippen molar-refractivity contribution in [2.75, 3.05) is 0 Å². The van der Waals surface area contributed by atoms with Gasteiger partial charge in [-0.3, -0.25) is 5.32 Å². The van der Waals surface area contributed by atoms with E-state index in [1.807, 2.05) is 0 Å². The molecule has 3 unspecified atom stereocenters. The van der Waals surface area contributed by atoms with Gasteiger partial charge in [0.05, 0.1) is 12.2 Å². The van der Waals surface area contributed by atoms with Crippen LogP contribution in [0.25, 0.3) is 0 Å². The second-order valence-electron chi connectivity index (χ2n) is 5.30. The summed E-state index contributed by atoms with van der Waals surface area (Å²) < 4.78 is 42.2. The predicted octanol–water partition coefficient (Wildman–Crippen LogP) is 2.52. The molecule has 0 saturated heterocycles. The minimum Gasteiger partial charge on any atom is -0.366 e. The van der Waals surface area contributed by atoms with Crippen molar-refractivity contribution >= 4 is 0 Å². The second kappa shape index (κ2) is 4.71. The molecule has 2 aliphatic rings. The Kier molecular flexibility index (Phi) is 3.56. The normalized spacial score (nSPS) is 34.3. The van der Waals surface area contributed by atoms with E-state index >= 15 is 0 Å². The van der Waals surface area contributed by atoms with Gasteiger partial charge in [-0.15, -0.1) is 0 Å². The quantitative estimate of drug-likeness (QED) is 0.846. The third-order valence-corrected chi connectivity index (χ3v) is 3.60. The average molecular weight is 262 g/mol. The minimum absolute atomic E-state index is 0.348. The van der Waals surface area contributed by atoms with Crippen LogP contribution in [-0.2, 0) is 4.74 Å². The summed E-state index contributed by atoms with van der Waals surface area (Å²) in [6, 6.07) is 2.58. The summed E-state index contributed by atoms with van der Waals surface area (Å²) >= 11 is 0. The fourth-order valence-electron chi connectivity index (χ4n) is 2.37. The maximum atomic E-state index is 12.4. The van der Waals surface area contributed by atoms with Gasteiger partial charge in [0.15, 0.2) is 6.10 Å². The van der Waals surface area contributed by atoms with Crippen molar-refractivity contribution in [3.8, 4) is 6.07 Å². The number of rotatable bonds is 4. The number of nitriles is 1. The lowest BCUT2D eigenvalue weighted by Crippen LogP contribution is -2.44. The van der Waals surface area contributed by atoms with Crippen LogP contribution in [-0.4, -0.2) is 30.0 Å². The van der Waals surface area contributed by atoms with E-state index in [1.165, 1.54) is 0 Å². The molecule has 0 aliphatic heterocycles. The third-order valence-electron chi connectivity index (χ3n) is 3.60. The van der Waals surface area contributed by atoms with E-state index in [0.29, 0.717) is 25.3 Å². The van der Waals surface area contributed by atoms with Crippen molar-refractivity contribution < 1.29 is 17.9 Å². The standard InChI is InChI=1S/C12H17F3N2O/c1-8(12(13,14)15)18-10-4-5-11(6-10,7-16)17-9-2-3-9/h8-10,17H,2-6H2,1H3. The highest BCUT2D eigenvalue weighted by Crippen LogP contribution is 2.36.